The van der Waals surface area contributed by atoms with Crippen molar-refractivity contribution in [3.8, 4) is 0 Å². The second-order valence-electron chi connectivity index (χ2n) is 9.53. The topological polar surface area (TPSA) is 136 Å². The van der Waals surface area contributed by atoms with Gasteiger partial charge in [-0.2, -0.15) is 0 Å². The number of aryl methyl sites for hydroxylation is 1. The van der Waals surface area contributed by atoms with Crippen molar-refractivity contribution in [1.29, 1.82) is 0 Å². The molecule has 0 unspecified atom stereocenters. The van der Waals surface area contributed by atoms with Gasteiger partial charge in [-0.15, -0.1) is 0 Å². The fraction of sp³-hybridized carbons (Fsp3) is 0.375. The van der Waals surface area contributed by atoms with E-state index < -0.39 is 17.1 Å². The Kier molecular flexibility index (Phi) is 5.11. The molecular formula is C24H27BrN6O2. The number of benzene rings is 1. The number of aromatic nitrogens is 4. The van der Waals surface area contributed by atoms with Crippen LogP contribution in [0.15, 0.2) is 47.3 Å². The summed E-state index contributed by atoms with van der Waals surface area (Å²) >= 11 is 3.42. The number of hydrogen-bond acceptors (Lipinski definition) is 7. The van der Waals surface area contributed by atoms with Gasteiger partial charge >= 0.3 is 0 Å². The van der Waals surface area contributed by atoms with Gasteiger partial charge in [-0.3, -0.25) is 0 Å². The molecule has 5 rings (SSSR count). The lowest BCUT2D eigenvalue weighted by molar-refractivity contribution is -0.110. The van der Waals surface area contributed by atoms with Gasteiger partial charge in [0.1, 0.15) is 29.7 Å². The van der Waals surface area contributed by atoms with E-state index in [1.165, 1.54) is 6.33 Å². The molecule has 0 amide bonds. The van der Waals surface area contributed by atoms with E-state index in [2.05, 4.69) is 36.9 Å². The number of nitrogen functional groups attached to an aromatic ring is 2. The van der Waals surface area contributed by atoms with Crippen LogP contribution in [-0.4, -0.2) is 41.4 Å². The van der Waals surface area contributed by atoms with Crippen molar-refractivity contribution >= 4 is 49.5 Å². The molecule has 6 N–H and O–H groups in total. The highest BCUT2D eigenvalue weighted by atomic mass is 79.9. The maximum atomic E-state index is 11.4. The summed E-state index contributed by atoms with van der Waals surface area (Å²) < 4.78 is 2.69. The second kappa shape index (κ2) is 7.65. The largest absolute Gasteiger partial charge is 0.388 e. The van der Waals surface area contributed by atoms with Crippen molar-refractivity contribution in [2.45, 2.75) is 50.9 Å². The third-order valence-corrected chi connectivity index (χ3v) is 8.18. The smallest absolute Gasteiger partial charge is 0.145 e. The van der Waals surface area contributed by atoms with E-state index in [4.69, 9.17) is 11.5 Å². The monoisotopic (exact) mass is 510 g/mol. The van der Waals surface area contributed by atoms with Gasteiger partial charge in [-0.1, -0.05) is 19.1 Å². The molecule has 0 saturated heterocycles. The third kappa shape index (κ3) is 3.46. The maximum absolute atomic E-state index is 11.4. The van der Waals surface area contributed by atoms with Crippen LogP contribution in [0.25, 0.3) is 21.9 Å². The molecule has 1 fully saturated rings. The van der Waals surface area contributed by atoms with Crippen LogP contribution in [0.5, 0.6) is 0 Å². The van der Waals surface area contributed by atoms with Gasteiger partial charge in [0.2, 0.25) is 0 Å². The van der Waals surface area contributed by atoms with Crippen LogP contribution in [0.3, 0.4) is 0 Å². The van der Waals surface area contributed by atoms with E-state index in [1.807, 2.05) is 42.0 Å². The summed E-state index contributed by atoms with van der Waals surface area (Å²) in [6.07, 6.45) is 4.36. The molecule has 33 heavy (non-hydrogen) atoms. The Balaban J connectivity index is 1.42. The zero-order valence-corrected chi connectivity index (χ0v) is 20.1. The molecule has 1 aliphatic rings. The van der Waals surface area contributed by atoms with Crippen LogP contribution >= 0.6 is 15.9 Å². The first-order valence-electron chi connectivity index (χ1n) is 10.9. The van der Waals surface area contributed by atoms with Crippen molar-refractivity contribution in [2.24, 2.45) is 5.41 Å². The summed E-state index contributed by atoms with van der Waals surface area (Å²) in [6.45, 7) is 3.77. The highest BCUT2D eigenvalue weighted by Crippen LogP contribution is 2.54. The molecule has 0 aliphatic heterocycles. The molecule has 1 aliphatic carbocycles. The van der Waals surface area contributed by atoms with E-state index >= 15 is 0 Å². The predicted molar refractivity (Wildman–Crippen MR) is 133 cm³/mol. The number of pyridine rings is 1. The van der Waals surface area contributed by atoms with E-state index in [1.54, 1.807) is 6.92 Å². The third-order valence-electron chi connectivity index (χ3n) is 7.55. The Bertz CT molecular complexity index is 1370. The molecule has 0 spiro atoms. The Morgan fingerprint density at radius 2 is 1.94 bits per heavy atom. The van der Waals surface area contributed by atoms with E-state index in [-0.39, 0.29) is 6.04 Å². The van der Waals surface area contributed by atoms with Crippen molar-refractivity contribution in [3.63, 3.8) is 0 Å². The molecule has 3 heterocycles. The molecule has 8 nitrogen and oxygen atoms in total. The van der Waals surface area contributed by atoms with Crippen LogP contribution < -0.4 is 11.5 Å². The van der Waals surface area contributed by atoms with E-state index in [0.717, 1.165) is 32.7 Å². The minimum absolute atomic E-state index is 0.327. The van der Waals surface area contributed by atoms with Gasteiger partial charge in [0.05, 0.1) is 27.0 Å². The Morgan fingerprint density at radius 1 is 1.15 bits per heavy atom. The van der Waals surface area contributed by atoms with Crippen LogP contribution in [0, 0.1) is 5.41 Å². The number of aliphatic hydroxyl groups is 2. The summed E-state index contributed by atoms with van der Waals surface area (Å²) in [5.41, 5.74) is 12.8. The summed E-state index contributed by atoms with van der Waals surface area (Å²) in [6, 6.07) is 9.64. The molecule has 4 aromatic rings. The summed E-state index contributed by atoms with van der Waals surface area (Å²) in [5, 5.41) is 24.4. The van der Waals surface area contributed by atoms with E-state index in [9.17, 15) is 10.2 Å². The average molecular weight is 511 g/mol. The number of hydrogen-bond donors (Lipinski definition) is 4. The minimum Gasteiger partial charge on any atom is -0.388 e. The maximum Gasteiger partial charge on any atom is 0.145 e. The lowest BCUT2D eigenvalue weighted by Crippen LogP contribution is -2.47. The average Bonchev–Trinajstić information content (AvgIpc) is 3.28. The number of rotatable bonds is 4. The molecule has 0 bridgehead atoms. The normalized spacial score (nSPS) is 27.5. The predicted octanol–water partition coefficient (Wildman–Crippen LogP) is 3.60. The van der Waals surface area contributed by atoms with Crippen molar-refractivity contribution in [2.75, 3.05) is 11.5 Å². The first kappa shape index (κ1) is 22.1. The fourth-order valence-corrected chi connectivity index (χ4v) is 5.49. The van der Waals surface area contributed by atoms with E-state index in [0.29, 0.717) is 30.1 Å². The number of nitrogens with zero attached hydrogens (tertiary/aromatic N) is 4. The number of halogens is 1. The highest BCUT2D eigenvalue weighted by Gasteiger charge is 2.58. The molecule has 1 saturated carbocycles. The molecule has 4 atom stereocenters. The van der Waals surface area contributed by atoms with Crippen molar-refractivity contribution in [1.82, 2.24) is 19.5 Å². The molecule has 0 radical (unpaired) electrons. The van der Waals surface area contributed by atoms with Crippen molar-refractivity contribution < 1.29 is 10.2 Å². The Hall–Kier alpha value is -2.75. The molecular weight excluding hydrogens is 484 g/mol. The molecule has 3 aromatic heterocycles. The van der Waals surface area contributed by atoms with Gasteiger partial charge in [0, 0.05) is 17.0 Å². The van der Waals surface area contributed by atoms with Gasteiger partial charge in [-0.05, 0) is 65.9 Å². The minimum atomic E-state index is -1.28. The zero-order valence-electron chi connectivity index (χ0n) is 18.5. The molecule has 172 valence electrons. The molecule has 9 heteroatoms. The van der Waals surface area contributed by atoms with Crippen molar-refractivity contribution in [3.05, 3.63) is 52.9 Å². The van der Waals surface area contributed by atoms with Gasteiger partial charge in [-0.25, -0.2) is 15.0 Å². The van der Waals surface area contributed by atoms with Crippen LogP contribution in [-0.2, 0) is 6.42 Å². The van der Waals surface area contributed by atoms with Gasteiger partial charge in [0.25, 0.3) is 0 Å². The lowest BCUT2D eigenvalue weighted by Gasteiger charge is -2.38. The summed E-state index contributed by atoms with van der Waals surface area (Å²) in [7, 11) is 0. The number of fused-ring (bicyclic) bond motifs is 2. The Morgan fingerprint density at radius 3 is 2.73 bits per heavy atom. The quantitative estimate of drug-likeness (QED) is 0.329. The zero-order chi connectivity index (χ0) is 23.5. The van der Waals surface area contributed by atoms with Crippen LogP contribution in [0.1, 0.15) is 38.3 Å². The standard InChI is InChI=1S/C24H27BrN6O2/c1-23(7-5-13-3-4-14-10-16(25)21(27)30-17(14)9-13)11-18(19(32)24(23,2)33)31-8-6-15-20(26)28-12-29-22(15)31/h3-4,6,8-10,12,18-19,32-33H,5,7,11H2,1-2H3,(H2,27,30)(H2,26,28,29)/t18-,19+,23-,24+/m1/s1. The second-order valence-corrected chi connectivity index (χ2v) is 10.4. The Labute approximate surface area is 199 Å². The number of nitrogens with two attached hydrogens (primary N) is 2. The first-order chi connectivity index (χ1) is 15.6. The summed E-state index contributed by atoms with van der Waals surface area (Å²) in [4.78, 5) is 12.9. The fourth-order valence-electron chi connectivity index (χ4n) is 5.15. The molecule has 1 aromatic carbocycles. The van der Waals surface area contributed by atoms with Gasteiger partial charge < -0.3 is 26.2 Å². The number of aliphatic hydroxyl groups excluding tert-OH is 1. The lowest BCUT2D eigenvalue weighted by atomic mass is 9.72. The highest BCUT2D eigenvalue weighted by molar-refractivity contribution is 9.10. The van der Waals surface area contributed by atoms with Crippen LogP contribution in [0.4, 0.5) is 11.6 Å². The summed E-state index contributed by atoms with van der Waals surface area (Å²) in [5.74, 6) is 0.859. The first-order valence-corrected chi connectivity index (χ1v) is 11.7. The van der Waals surface area contributed by atoms with Crippen LogP contribution in [0.2, 0.25) is 0 Å². The SMILES string of the molecule is C[C@@]1(CCc2ccc3cc(Br)c(N)nc3c2)C[C@@H](n2ccc3c(N)ncnc32)[C@H](O)[C@]1(C)O. The van der Waals surface area contributed by atoms with Gasteiger partial charge in [0.15, 0.2) is 0 Å². The number of anilines is 2.